The minimum absolute atomic E-state index is 0.692. The van der Waals surface area contributed by atoms with Crippen molar-refractivity contribution in [2.24, 2.45) is 0 Å². The van der Waals surface area contributed by atoms with E-state index in [0.29, 0.717) is 6.61 Å². The Bertz CT molecular complexity index is 336. The maximum absolute atomic E-state index is 5.20. The van der Waals surface area contributed by atoms with Crippen molar-refractivity contribution in [2.75, 3.05) is 13.7 Å². The van der Waals surface area contributed by atoms with Gasteiger partial charge in [0, 0.05) is 13.7 Å². The molecule has 0 saturated carbocycles. The Morgan fingerprint density at radius 2 is 1.94 bits per heavy atom. The highest BCUT2D eigenvalue weighted by molar-refractivity contribution is 5.26. The summed E-state index contributed by atoms with van der Waals surface area (Å²) in [6, 6.07) is 8.44. The molecule has 1 N–H and O–H groups in total. The third-order valence-corrected chi connectivity index (χ3v) is 3.00. The van der Waals surface area contributed by atoms with Crippen molar-refractivity contribution in [3.63, 3.8) is 0 Å². The van der Waals surface area contributed by atoms with Crippen LogP contribution in [-0.4, -0.2) is 13.7 Å². The summed E-state index contributed by atoms with van der Waals surface area (Å²) in [6.07, 6.45) is 6.90. The smallest absolute Gasteiger partial charge is 0.0716 e. The van der Waals surface area contributed by atoms with Crippen molar-refractivity contribution >= 4 is 0 Å². The van der Waals surface area contributed by atoms with Gasteiger partial charge in [0.2, 0.25) is 0 Å². The van der Waals surface area contributed by atoms with Crippen LogP contribution in [0.1, 0.15) is 36.8 Å². The van der Waals surface area contributed by atoms with Gasteiger partial charge in [-0.05, 0) is 36.9 Å². The molecule has 0 aromatic heterocycles. The fraction of sp³-hybridized carbons (Fsp3) is 0.500. The van der Waals surface area contributed by atoms with Crippen LogP contribution in [-0.2, 0) is 17.9 Å². The van der Waals surface area contributed by atoms with E-state index in [2.05, 4.69) is 36.2 Å². The molecule has 2 heteroatoms. The summed E-state index contributed by atoms with van der Waals surface area (Å²) in [5, 5.41) is 3.50. The number of benzene rings is 1. The van der Waals surface area contributed by atoms with E-state index < -0.39 is 0 Å². The Morgan fingerprint density at radius 3 is 2.67 bits per heavy atom. The Morgan fingerprint density at radius 1 is 1.17 bits per heavy atom. The predicted molar refractivity (Wildman–Crippen MR) is 77.5 cm³/mol. The molecular weight excluding hydrogens is 222 g/mol. The second-order valence-corrected chi connectivity index (χ2v) is 4.52. The second kappa shape index (κ2) is 9.86. The Kier molecular flexibility index (Phi) is 8.19. The van der Waals surface area contributed by atoms with Crippen LogP contribution >= 0.6 is 0 Å². The average molecular weight is 247 g/mol. The first kappa shape index (κ1) is 14.9. The molecule has 1 rings (SSSR count). The standard InChI is InChI=1S/C16H25NO/c1-3-4-5-6-9-12-17-13-15-10-7-8-11-16(15)14-18-2/h3,7-8,10-11,17H,1,4-6,9,12-14H2,2H3. The molecule has 1 aromatic carbocycles. The summed E-state index contributed by atoms with van der Waals surface area (Å²) in [5.41, 5.74) is 2.62. The Hall–Kier alpha value is -1.12. The molecule has 0 bridgehead atoms. The minimum atomic E-state index is 0.692. The molecule has 0 aliphatic rings. The minimum Gasteiger partial charge on any atom is -0.380 e. The number of unbranched alkanes of at least 4 members (excludes halogenated alkanes) is 3. The van der Waals surface area contributed by atoms with Crippen molar-refractivity contribution in [3.05, 3.63) is 48.0 Å². The van der Waals surface area contributed by atoms with Crippen LogP contribution in [0.25, 0.3) is 0 Å². The number of ether oxygens (including phenoxy) is 1. The van der Waals surface area contributed by atoms with Crippen LogP contribution in [0, 0.1) is 0 Å². The molecule has 0 amide bonds. The molecular formula is C16H25NO. The van der Waals surface area contributed by atoms with Gasteiger partial charge in [0.15, 0.2) is 0 Å². The molecule has 2 nitrogen and oxygen atoms in total. The number of hydrogen-bond donors (Lipinski definition) is 1. The van der Waals surface area contributed by atoms with Crippen molar-refractivity contribution in [1.82, 2.24) is 5.32 Å². The van der Waals surface area contributed by atoms with E-state index in [4.69, 9.17) is 4.74 Å². The first-order chi connectivity index (χ1) is 8.88. The van der Waals surface area contributed by atoms with Gasteiger partial charge in [0.25, 0.3) is 0 Å². The van der Waals surface area contributed by atoms with Crippen LogP contribution in [0.5, 0.6) is 0 Å². The fourth-order valence-corrected chi connectivity index (χ4v) is 1.96. The topological polar surface area (TPSA) is 21.3 Å². The van der Waals surface area contributed by atoms with Gasteiger partial charge in [0.1, 0.15) is 0 Å². The van der Waals surface area contributed by atoms with Crippen molar-refractivity contribution in [2.45, 2.75) is 38.8 Å². The maximum Gasteiger partial charge on any atom is 0.0716 e. The first-order valence-electron chi connectivity index (χ1n) is 6.75. The average Bonchev–Trinajstić information content (AvgIpc) is 2.40. The zero-order chi connectivity index (χ0) is 13.1. The molecule has 0 unspecified atom stereocenters. The number of nitrogens with one attached hydrogen (secondary N) is 1. The molecule has 0 radical (unpaired) electrons. The lowest BCUT2D eigenvalue weighted by Crippen LogP contribution is -2.16. The molecule has 0 aliphatic heterocycles. The van der Waals surface area contributed by atoms with E-state index >= 15 is 0 Å². The highest BCUT2D eigenvalue weighted by Crippen LogP contribution is 2.09. The lowest BCUT2D eigenvalue weighted by Gasteiger charge is -2.09. The number of rotatable bonds is 10. The van der Waals surface area contributed by atoms with Crippen LogP contribution in [0.3, 0.4) is 0 Å². The van der Waals surface area contributed by atoms with Crippen LogP contribution in [0.4, 0.5) is 0 Å². The van der Waals surface area contributed by atoms with Gasteiger partial charge in [-0.3, -0.25) is 0 Å². The van der Waals surface area contributed by atoms with Crippen molar-refractivity contribution in [1.29, 1.82) is 0 Å². The number of methoxy groups -OCH3 is 1. The van der Waals surface area contributed by atoms with E-state index in [1.54, 1.807) is 7.11 Å². The monoisotopic (exact) mass is 247 g/mol. The molecule has 0 saturated heterocycles. The van der Waals surface area contributed by atoms with Gasteiger partial charge in [0.05, 0.1) is 6.61 Å². The van der Waals surface area contributed by atoms with E-state index in [-0.39, 0.29) is 0 Å². The van der Waals surface area contributed by atoms with E-state index in [1.807, 2.05) is 6.08 Å². The predicted octanol–water partition coefficient (Wildman–Crippen LogP) is 3.67. The number of hydrogen-bond acceptors (Lipinski definition) is 2. The third kappa shape index (κ3) is 5.99. The summed E-state index contributed by atoms with van der Waals surface area (Å²) in [6.45, 7) is 6.44. The largest absolute Gasteiger partial charge is 0.380 e. The molecule has 100 valence electrons. The molecule has 0 aliphatic carbocycles. The molecule has 0 fully saturated rings. The summed E-state index contributed by atoms with van der Waals surface area (Å²) in [7, 11) is 1.74. The van der Waals surface area contributed by atoms with Gasteiger partial charge in [-0.2, -0.15) is 0 Å². The normalized spacial score (nSPS) is 10.5. The third-order valence-electron chi connectivity index (χ3n) is 3.00. The Balaban J connectivity index is 2.20. The first-order valence-corrected chi connectivity index (χ1v) is 6.75. The number of allylic oxidation sites excluding steroid dienone is 1. The lowest BCUT2D eigenvalue weighted by molar-refractivity contribution is 0.184. The van der Waals surface area contributed by atoms with E-state index in [1.165, 1.54) is 30.4 Å². The van der Waals surface area contributed by atoms with Crippen LogP contribution < -0.4 is 5.32 Å². The van der Waals surface area contributed by atoms with Gasteiger partial charge in [-0.1, -0.05) is 36.8 Å². The quantitative estimate of drug-likeness (QED) is 0.503. The lowest BCUT2D eigenvalue weighted by atomic mass is 10.1. The van der Waals surface area contributed by atoms with E-state index in [9.17, 15) is 0 Å². The van der Waals surface area contributed by atoms with Crippen molar-refractivity contribution in [3.8, 4) is 0 Å². The zero-order valence-electron chi connectivity index (χ0n) is 11.5. The zero-order valence-corrected chi connectivity index (χ0v) is 11.5. The molecule has 0 atom stereocenters. The van der Waals surface area contributed by atoms with Crippen molar-refractivity contribution < 1.29 is 4.74 Å². The summed E-state index contributed by atoms with van der Waals surface area (Å²) in [4.78, 5) is 0. The molecule has 0 spiro atoms. The summed E-state index contributed by atoms with van der Waals surface area (Å²) >= 11 is 0. The summed E-state index contributed by atoms with van der Waals surface area (Å²) in [5.74, 6) is 0. The maximum atomic E-state index is 5.20. The van der Waals surface area contributed by atoms with Gasteiger partial charge in [-0.25, -0.2) is 0 Å². The SMILES string of the molecule is C=CCCCCCNCc1ccccc1COC. The highest BCUT2D eigenvalue weighted by Gasteiger charge is 2.00. The fourth-order valence-electron chi connectivity index (χ4n) is 1.96. The molecule has 1 aromatic rings. The summed E-state index contributed by atoms with van der Waals surface area (Å²) < 4.78 is 5.20. The molecule has 0 heterocycles. The molecule has 18 heavy (non-hydrogen) atoms. The van der Waals surface area contributed by atoms with Gasteiger partial charge < -0.3 is 10.1 Å². The van der Waals surface area contributed by atoms with Crippen LogP contribution in [0.2, 0.25) is 0 Å². The van der Waals surface area contributed by atoms with Gasteiger partial charge >= 0.3 is 0 Å². The Labute approximate surface area is 111 Å². The van der Waals surface area contributed by atoms with E-state index in [0.717, 1.165) is 19.5 Å². The highest BCUT2D eigenvalue weighted by atomic mass is 16.5. The van der Waals surface area contributed by atoms with Crippen LogP contribution in [0.15, 0.2) is 36.9 Å². The van der Waals surface area contributed by atoms with Gasteiger partial charge in [-0.15, -0.1) is 6.58 Å². The second-order valence-electron chi connectivity index (χ2n) is 4.52.